The van der Waals surface area contributed by atoms with E-state index < -0.39 is 22.2 Å². The summed E-state index contributed by atoms with van der Waals surface area (Å²) in [4.78, 5) is 18.7. The van der Waals surface area contributed by atoms with Crippen LogP contribution < -0.4 is 4.74 Å². The van der Waals surface area contributed by atoms with Crippen LogP contribution in [-0.2, 0) is 21.2 Å². The average molecular weight is 514 g/mol. The molecule has 8 nitrogen and oxygen atoms in total. The van der Waals surface area contributed by atoms with E-state index in [-0.39, 0.29) is 36.3 Å². The second kappa shape index (κ2) is 11.1. The minimum absolute atomic E-state index is 0.0580. The molecule has 2 aliphatic rings. The highest BCUT2D eigenvalue weighted by Gasteiger charge is 2.38. The number of carbonyl (C=O) groups excluding carboxylic acids is 1. The summed E-state index contributed by atoms with van der Waals surface area (Å²) < 4.78 is 35.1. The third kappa shape index (κ3) is 5.63. The molecule has 3 atom stereocenters. The van der Waals surface area contributed by atoms with E-state index in [9.17, 15) is 18.3 Å². The van der Waals surface area contributed by atoms with Crippen molar-refractivity contribution in [3.63, 3.8) is 0 Å². The van der Waals surface area contributed by atoms with E-state index in [1.165, 1.54) is 9.88 Å². The first kappa shape index (κ1) is 26.3. The van der Waals surface area contributed by atoms with Crippen molar-refractivity contribution in [2.75, 3.05) is 26.7 Å². The summed E-state index contributed by atoms with van der Waals surface area (Å²) in [6.45, 7) is 3.81. The molecule has 2 heterocycles. The Hall–Kier alpha value is -2.75. The van der Waals surface area contributed by atoms with Crippen LogP contribution in [0.15, 0.2) is 53.7 Å². The Morgan fingerprint density at radius 3 is 2.69 bits per heavy atom. The molecule has 0 radical (unpaired) electrons. The molecule has 0 spiro atoms. The molecule has 1 aromatic heterocycles. The Morgan fingerprint density at radius 1 is 1.28 bits per heavy atom. The number of aromatic nitrogens is 1. The van der Waals surface area contributed by atoms with Crippen molar-refractivity contribution >= 4 is 21.5 Å². The highest BCUT2D eigenvalue weighted by atomic mass is 32.2. The van der Waals surface area contributed by atoms with Gasteiger partial charge in [-0.05, 0) is 67.2 Å². The molecule has 0 unspecified atom stereocenters. The first-order valence-electron chi connectivity index (χ1n) is 12.5. The number of likely N-dealkylation sites (N-methyl/N-ethyl adjacent to an activating group) is 1. The van der Waals surface area contributed by atoms with Gasteiger partial charge in [0.1, 0.15) is 16.7 Å². The van der Waals surface area contributed by atoms with Crippen molar-refractivity contribution < 1.29 is 23.1 Å². The normalized spacial score (nSPS) is 22.5. The smallest absolute Gasteiger partial charge is 0.247 e. The van der Waals surface area contributed by atoms with E-state index in [2.05, 4.69) is 11.1 Å². The number of fused-ring (bicyclic) bond motifs is 1. The molecule has 0 saturated heterocycles. The number of hydrogen-bond donors (Lipinski definition) is 1. The maximum absolute atomic E-state index is 13.6. The number of benzene rings is 1. The molecular weight excluding hydrogens is 478 g/mol. The highest BCUT2D eigenvalue weighted by molar-refractivity contribution is 7.89. The third-order valence-corrected chi connectivity index (χ3v) is 9.08. The maximum atomic E-state index is 13.6. The molecule has 2 aromatic rings. The quantitative estimate of drug-likeness (QED) is 0.611. The Morgan fingerprint density at radius 2 is 2.03 bits per heavy atom. The van der Waals surface area contributed by atoms with Crippen LogP contribution in [0.3, 0.4) is 0 Å². The first-order chi connectivity index (χ1) is 17.2. The zero-order valence-electron chi connectivity index (χ0n) is 21.1. The van der Waals surface area contributed by atoms with Gasteiger partial charge in [0.25, 0.3) is 0 Å². The van der Waals surface area contributed by atoms with Gasteiger partial charge in [0.05, 0.1) is 19.6 Å². The summed E-state index contributed by atoms with van der Waals surface area (Å²) in [6.07, 6.45) is 8.36. The number of pyridine rings is 1. The fourth-order valence-electron chi connectivity index (χ4n) is 4.76. The van der Waals surface area contributed by atoms with Gasteiger partial charge in [0.2, 0.25) is 15.9 Å². The van der Waals surface area contributed by atoms with Crippen LogP contribution in [-0.4, -0.2) is 72.5 Å². The number of hydrogen-bond acceptors (Lipinski definition) is 6. The van der Waals surface area contributed by atoms with Gasteiger partial charge >= 0.3 is 0 Å². The molecule has 0 bridgehead atoms. The molecule has 1 N–H and O–H groups in total. The number of nitrogens with zero attached hydrogens (tertiary/aromatic N) is 3. The molecule has 0 fully saturated rings. The number of rotatable bonds is 7. The van der Waals surface area contributed by atoms with E-state index >= 15 is 0 Å². The number of sulfonamides is 1. The van der Waals surface area contributed by atoms with E-state index in [0.717, 1.165) is 30.4 Å². The Bertz CT molecular complexity index is 1220. The Labute approximate surface area is 213 Å². The van der Waals surface area contributed by atoms with Crippen molar-refractivity contribution in [2.24, 2.45) is 5.92 Å². The zero-order chi connectivity index (χ0) is 25.9. The molecule has 9 heteroatoms. The summed E-state index contributed by atoms with van der Waals surface area (Å²) in [5.41, 5.74) is 3.02. The lowest BCUT2D eigenvalue weighted by Gasteiger charge is -2.37. The van der Waals surface area contributed by atoms with Crippen molar-refractivity contribution in [1.29, 1.82) is 0 Å². The molecule has 36 heavy (non-hydrogen) atoms. The van der Waals surface area contributed by atoms with Crippen LogP contribution >= 0.6 is 0 Å². The monoisotopic (exact) mass is 513 g/mol. The van der Waals surface area contributed by atoms with Crippen LogP contribution in [0.5, 0.6) is 5.75 Å². The summed E-state index contributed by atoms with van der Waals surface area (Å²) >= 11 is 0. The van der Waals surface area contributed by atoms with Gasteiger partial charge < -0.3 is 14.7 Å². The Kier molecular flexibility index (Phi) is 8.12. The summed E-state index contributed by atoms with van der Waals surface area (Å²) in [6, 6.07) is 8.30. The van der Waals surface area contributed by atoms with Gasteiger partial charge in [-0.15, -0.1) is 0 Å². The van der Waals surface area contributed by atoms with E-state index in [4.69, 9.17) is 4.74 Å². The number of allylic oxidation sites excluding steroid dienone is 2. The zero-order valence-corrected chi connectivity index (χ0v) is 21.9. The van der Waals surface area contributed by atoms with Gasteiger partial charge in [-0.1, -0.05) is 19.1 Å². The molecule has 4 rings (SSSR count). The van der Waals surface area contributed by atoms with E-state index in [1.54, 1.807) is 37.3 Å². The second-order valence-corrected chi connectivity index (χ2v) is 11.7. The molecule has 1 aliphatic heterocycles. The SMILES string of the molecule is C[C@H]1CN([C@@H](C)CO)S(=O)(=O)c2ccc(C3=CCCC3)cc2O[C@@H]1CN(C)C(=O)Cc1ccncc1. The fraction of sp³-hybridized carbons (Fsp3) is 0.481. The highest BCUT2D eigenvalue weighted by Crippen LogP contribution is 2.37. The number of aliphatic hydroxyl groups is 1. The summed E-state index contributed by atoms with van der Waals surface area (Å²) in [7, 11) is -2.15. The van der Waals surface area contributed by atoms with E-state index in [1.807, 2.05) is 31.2 Å². The lowest BCUT2D eigenvalue weighted by atomic mass is 10.0. The second-order valence-electron chi connectivity index (χ2n) is 9.83. The van der Waals surface area contributed by atoms with Crippen LogP contribution in [0, 0.1) is 5.92 Å². The van der Waals surface area contributed by atoms with Crippen molar-refractivity contribution in [3.05, 3.63) is 59.9 Å². The summed E-state index contributed by atoms with van der Waals surface area (Å²) in [5.74, 6) is 0.00627. The Balaban J connectivity index is 1.66. The van der Waals surface area contributed by atoms with Gasteiger partial charge in [0.15, 0.2) is 0 Å². The minimum Gasteiger partial charge on any atom is -0.487 e. The average Bonchev–Trinajstić information content (AvgIpc) is 3.41. The van der Waals surface area contributed by atoms with Crippen LogP contribution in [0.25, 0.3) is 5.57 Å². The number of ether oxygens (including phenoxy) is 1. The first-order valence-corrected chi connectivity index (χ1v) is 13.9. The van der Waals surface area contributed by atoms with Gasteiger partial charge in [-0.3, -0.25) is 9.78 Å². The van der Waals surface area contributed by atoms with Crippen molar-refractivity contribution in [2.45, 2.75) is 56.6 Å². The standard InChI is InChI=1S/C27H35N3O5S/c1-19-16-30(20(2)18-31)36(33,34)26-9-8-23(22-6-4-5-7-22)15-24(26)35-25(19)17-29(3)27(32)14-21-10-12-28-13-11-21/h6,8-13,15,19-20,25,31H,4-5,7,14,16-18H2,1-3H3/t19-,20-,25+/m0/s1. The largest absolute Gasteiger partial charge is 0.487 e. The molecule has 1 aromatic carbocycles. The van der Waals surface area contributed by atoms with Crippen LogP contribution in [0.1, 0.15) is 44.2 Å². The number of aliphatic hydroxyl groups excluding tert-OH is 1. The number of amides is 1. The van der Waals surface area contributed by atoms with Gasteiger partial charge in [0, 0.05) is 37.9 Å². The predicted molar refractivity (Wildman–Crippen MR) is 138 cm³/mol. The summed E-state index contributed by atoms with van der Waals surface area (Å²) in [5, 5.41) is 9.83. The third-order valence-electron chi connectivity index (χ3n) is 7.06. The van der Waals surface area contributed by atoms with Gasteiger partial charge in [-0.2, -0.15) is 4.31 Å². The topological polar surface area (TPSA) is 100 Å². The lowest BCUT2D eigenvalue weighted by molar-refractivity contribution is -0.130. The molecule has 1 amide bonds. The van der Waals surface area contributed by atoms with Crippen LogP contribution in [0.4, 0.5) is 0 Å². The van der Waals surface area contributed by atoms with Crippen molar-refractivity contribution in [3.8, 4) is 5.75 Å². The molecule has 1 aliphatic carbocycles. The lowest BCUT2D eigenvalue weighted by Crippen LogP contribution is -2.50. The minimum atomic E-state index is -3.89. The predicted octanol–water partition coefficient (Wildman–Crippen LogP) is 3.12. The van der Waals surface area contributed by atoms with Gasteiger partial charge in [-0.25, -0.2) is 8.42 Å². The number of carbonyl (C=O) groups is 1. The maximum Gasteiger partial charge on any atom is 0.247 e. The van der Waals surface area contributed by atoms with Crippen LogP contribution in [0.2, 0.25) is 0 Å². The van der Waals surface area contributed by atoms with Crippen molar-refractivity contribution in [1.82, 2.24) is 14.2 Å². The molecular formula is C27H35N3O5S. The molecule has 0 saturated carbocycles. The fourth-order valence-corrected chi connectivity index (χ4v) is 6.58. The molecule has 194 valence electrons. The van der Waals surface area contributed by atoms with E-state index in [0.29, 0.717) is 12.3 Å².